The molecule has 2 N–H and O–H groups in total. The van der Waals surface area contributed by atoms with Gasteiger partial charge in [-0.05, 0) is 50.2 Å². The first kappa shape index (κ1) is 16.2. The fourth-order valence-corrected chi connectivity index (χ4v) is 4.74. The van der Waals surface area contributed by atoms with E-state index in [1.165, 1.54) is 17.5 Å². The van der Waals surface area contributed by atoms with Gasteiger partial charge in [0.05, 0.1) is 5.69 Å². The molecule has 2 unspecified atom stereocenters. The highest BCUT2D eigenvalue weighted by molar-refractivity contribution is 6.00. The van der Waals surface area contributed by atoms with E-state index in [0.29, 0.717) is 17.3 Å². The van der Waals surface area contributed by atoms with Gasteiger partial charge in [0.25, 0.3) is 5.91 Å². The number of carbonyl (C=O) groups is 1. The van der Waals surface area contributed by atoms with Crippen LogP contribution in [0.25, 0.3) is 0 Å². The van der Waals surface area contributed by atoms with Crippen LogP contribution in [0.15, 0.2) is 24.3 Å². The van der Waals surface area contributed by atoms with Crippen LogP contribution in [0.4, 0.5) is 5.82 Å². The predicted molar refractivity (Wildman–Crippen MR) is 98.5 cm³/mol. The zero-order valence-electron chi connectivity index (χ0n) is 15.0. The number of aryl methyl sites for hydroxylation is 3. The molecule has 5 nitrogen and oxygen atoms in total. The summed E-state index contributed by atoms with van der Waals surface area (Å²) in [5.74, 6) is 0.959. The molecular formula is C20H26N4O. The molecule has 2 aliphatic rings. The summed E-state index contributed by atoms with van der Waals surface area (Å²) in [6, 6.07) is 9.02. The highest BCUT2D eigenvalue weighted by Crippen LogP contribution is 2.40. The molecule has 1 fully saturated rings. The van der Waals surface area contributed by atoms with Gasteiger partial charge in [-0.15, -0.1) is 0 Å². The fraction of sp³-hybridized carbons (Fsp3) is 0.500. The van der Waals surface area contributed by atoms with Crippen LogP contribution >= 0.6 is 0 Å². The van der Waals surface area contributed by atoms with E-state index in [-0.39, 0.29) is 11.9 Å². The molecule has 25 heavy (non-hydrogen) atoms. The molecule has 2 aromatic rings. The fourth-order valence-electron chi connectivity index (χ4n) is 4.74. The number of hydrogen-bond acceptors (Lipinski definition) is 3. The summed E-state index contributed by atoms with van der Waals surface area (Å²) in [4.78, 5) is 15.3. The van der Waals surface area contributed by atoms with E-state index < -0.39 is 0 Å². The first-order chi connectivity index (χ1) is 12.1. The number of nitrogens with two attached hydrogens (primary N) is 1. The van der Waals surface area contributed by atoms with Crippen LogP contribution in [0.5, 0.6) is 0 Å². The highest BCUT2D eigenvalue weighted by atomic mass is 16.2. The number of aromatic nitrogens is 2. The first-order valence-electron chi connectivity index (χ1n) is 9.25. The van der Waals surface area contributed by atoms with E-state index in [1.807, 2.05) is 6.92 Å². The van der Waals surface area contributed by atoms with Crippen LogP contribution in [-0.2, 0) is 13.5 Å². The second-order valence-corrected chi connectivity index (χ2v) is 7.37. The van der Waals surface area contributed by atoms with E-state index in [9.17, 15) is 4.79 Å². The number of carbonyl (C=O) groups excluding carboxylic acids is 1. The van der Waals surface area contributed by atoms with E-state index >= 15 is 0 Å². The average Bonchev–Trinajstić information content (AvgIpc) is 3.19. The Bertz CT molecular complexity index is 810. The zero-order chi connectivity index (χ0) is 17.6. The van der Waals surface area contributed by atoms with Crippen molar-refractivity contribution in [2.24, 2.45) is 7.05 Å². The number of fused-ring (bicyclic) bond motifs is 1. The number of anilines is 1. The second kappa shape index (κ2) is 6.21. The van der Waals surface area contributed by atoms with Gasteiger partial charge in [0.1, 0.15) is 11.4 Å². The lowest BCUT2D eigenvalue weighted by Gasteiger charge is -2.35. The summed E-state index contributed by atoms with van der Waals surface area (Å²) in [7, 11) is 1.79. The monoisotopic (exact) mass is 338 g/mol. The van der Waals surface area contributed by atoms with Crippen molar-refractivity contribution < 1.29 is 4.79 Å². The number of nitrogens with zero attached hydrogens (tertiary/aromatic N) is 3. The molecule has 0 bridgehead atoms. The van der Waals surface area contributed by atoms with Crippen molar-refractivity contribution in [3.63, 3.8) is 0 Å². The maximum Gasteiger partial charge on any atom is 0.259 e. The number of benzene rings is 1. The zero-order valence-corrected chi connectivity index (χ0v) is 15.0. The van der Waals surface area contributed by atoms with E-state index in [2.05, 4.69) is 34.3 Å². The van der Waals surface area contributed by atoms with Crippen LogP contribution in [0, 0.1) is 6.92 Å². The van der Waals surface area contributed by atoms with Gasteiger partial charge in [0.2, 0.25) is 0 Å². The van der Waals surface area contributed by atoms with Gasteiger partial charge in [0, 0.05) is 25.6 Å². The van der Waals surface area contributed by atoms with Gasteiger partial charge in [-0.1, -0.05) is 24.3 Å². The normalized spacial score (nSPS) is 22.9. The molecule has 0 saturated carbocycles. The lowest BCUT2D eigenvalue weighted by Crippen LogP contribution is -2.40. The molecule has 0 radical (unpaired) electrons. The van der Waals surface area contributed by atoms with Crippen molar-refractivity contribution in [2.45, 2.75) is 51.0 Å². The molecule has 1 aromatic heterocycles. The number of nitrogen functional groups attached to an aromatic ring is 1. The van der Waals surface area contributed by atoms with Crippen molar-refractivity contribution in [3.8, 4) is 0 Å². The van der Waals surface area contributed by atoms with Crippen molar-refractivity contribution in [1.29, 1.82) is 0 Å². The van der Waals surface area contributed by atoms with Gasteiger partial charge in [-0.25, -0.2) is 0 Å². The first-order valence-corrected chi connectivity index (χ1v) is 9.25. The third-order valence-corrected chi connectivity index (χ3v) is 5.92. The molecule has 2 atom stereocenters. The van der Waals surface area contributed by atoms with Gasteiger partial charge in [-0.3, -0.25) is 9.48 Å². The third-order valence-electron chi connectivity index (χ3n) is 5.92. The summed E-state index contributed by atoms with van der Waals surface area (Å²) in [5, 5.41) is 4.32. The van der Waals surface area contributed by atoms with Crippen LogP contribution in [0.3, 0.4) is 0 Å². The van der Waals surface area contributed by atoms with E-state index in [4.69, 9.17) is 5.73 Å². The SMILES string of the molecule is Cc1nn(C)c(N)c1C(=O)N1CCCC1C1CCCc2ccccc21. The molecule has 0 spiro atoms. The topological polar surface area (TPSA) is 64.2 Å². The Morgan fingerprint density at radius 1 is 1.24 bits per heavy atom. The van der Waals surface area contributed by atoms with Crippen LogP contribution in [-0.4, -0.2) is 33.2 Å². The molecule has 1 saturated heterocycles. The van der Waals surface area contributed by atoms with Crippen molar-refractivity contribution in [3.05, 3.63) is 46.6 Å². The molecule has 1 aliphatic carbocycles. The molecular weight excluding hydrogens is 312 g/mol. The maximum absolute atomic E-state index is 13.3. The summed E-state index contributed by atoms with van der Waals surface area (Å²) in [5.41, 5.74) is 10.3. The standard InChI is InChI=1S/C20H26N4O/c1-13-18(19(21)23(2)22-13)20(25)24-12-6-11-17(24)16-10-5-8-14-7-3-4-9-15(14)16/h3-4,7,9,16-17H,5-6,8,10-12,21H2,1-2H3. The molecule has 4 rings (SSSR count). The van der Waals surface area contributed by atoms with Crippen molar-refractivity contribution in [1.82, 2.24) is 14.7 Å². The third kappa shape index (κ3) is 2.62. The number of likely N-dealkylation sites (tertiary alicyclic amines) is 1. The van der Waals surface area contributed by atoms with Crippen LogP contribution in [0.2, 0.25) is 0 Å². The Labute approximate surface area is 148 Å². The lowest BCUT2D eigenvalue weighted by molar-refractivity contribution is 0.0711. The van der Waals surface area contributed by atoms with Gasteiger partial charge >= 0.3 is 0 Å². The number of amides is 1. The Kier molecular flexibility index (Phi) is 4.02. The van der Waals surface area contributed by atoms with Crippen molar-refractivity contribution in [2.75, 3.05) is 12.3 Å². The van der Waals surface area contributed by atoms with Crippen LogP contribution < -0.4 is 5.73 Å². The predicted octanol–water partition coefficient (Wildman–Crippen LogP) is 3.04. The number of rotatable bonds is 2. The smallest absolute Gasteiger partial charge is 0.259 e. The molecule has 2 heterocycles. The van der Waals surface area contributed by atoms with Gasteiger partial charge in [0.15, 0.2) is 0 Å². The van der Waals surface area contributed by atoms with E-state index in [0.717, 1.165) is 37.9 Å². The quantitative estimate of drug-likeness (QED) is 0.915. The average molecular weight is 338 g/mol. The molecule has 1 amide bonds. The number of hydrogen-bond donors (Lipinski definition) is 1. The van der Waals surface area contributed by atoms with Gasteiger partial charge in [-0.2, -0.15) is 5.10 Å². The Morgan fingerprint density at radius 3 is 2.80 bits per heavy atom. The maximum atomic E-state index is 13.3. The summed E-state index contributed by atoms with van der Waals surface area (Å²) in [6.45, 7) is 2.68. The minimum atomic E-state index is 0.0497. The van der Waals surface area contributed by atoms with Crippen LogP contribution in [0.1, 0.15) is 58.8 Å². The molecule has 1 aromatic carbocycles. The molecule has 132 valence electrons. The van der Waals surface area contributed by atoms with E-state index in [1.54, 1.807) is 11.7 Å². The van der Waals surface area contributed by atoms with Crippen molar-refractivity contribution >= 4 is 11.7 Å². The molecule has 5 heteroatoms. The summed E-state index contributed by atoms with van der Waals surface area (Å²) >= 11 is 0. The van der Waals surface area contributed by atoms with Gasteiger partial charge < -0.3 is 10.6 Å². The molecule has 1 aliphatic heterocycles. The second-order valence-electron chi connectivity index (χ2n) is 7.37. The summed E-state index contributed by atoms with van der Waals surface area (Å²) < 4.78 is 1.60. The largest absolute Gasteiger partial charge is 0.383 e. The Hall–Kier alpha value is -2.30. The highest BCUT2D eigenvalue weighted by Gasteiger charge is 2.38. The summed E-state index contributed by atoms with van der Waals surface area (Å²) in [6.07, 6.45) is 5.65. The Morgan fingerprint density at radius 2 is 2.04 bits per heavy atom. The lowest BCUT2D eigenvalue weighted by atomic mass is 9.78. The minimum Gasteiger partial charge on any atom is -0.383 e. The Balaban J connectivity index is 1.67. The minimum absolute atomic E-state index is 0.0497.